The van der Waals surface area contributed by atoms with E-state index in [-0.39, 0.29) is 0 Å². The molecule has 2 amide bonds. The molecule has 0 unspecified atom stereocenters. The average molecular weight is 1240 g/mol. The van der Waals surface area contributed by atoms with Crippen molar-refractivity contribution >= 4 is 11.8 Å². The maximum absolute atomic E-state index is 13.0. The molecule has 0 aromatic carbocycles. The van der Waals surface area contributed by atoms with E-state index in [2.05, 4.69) is 10.6 Å². The van der Waals surface area contributed by atoms with Crippen molar-refractivity contribution in [3.8, 4) is 0 Å². The second-order valence-electron chi connectivity index (χ2n) is 21.1. The van der Waals surface area contributed by atoms with Gasteiger partial charge in [-0.2, -0.15) is 0 Å². The quantitative estimate of drug-likeness (QED) is 0.0507. The molecule has 0 spiro atoms. The third-order valence-corrected chi connectivity index (χ3v) is 15.3. The molecule has 38 nitrogen and oxygen atoms in total. The number of amides is 2. The molecule has 0 bridgehead atoms. The lowest BCUT2D eigenvalue weighted by Gasteiger charge is -2.51. The van der Waals surface area contributed by atoms with Gasteiger partial charge in [-0.3, -0.25) is 9.59 Å². The Balaban J connectivity index is 1.22. The van der Waals surface area contributed by atoms with E-state index in [0.29, 0.717) is 0 Å². The molecule has 0 aromatic rings. The molecule has 0 radical (unpaired) electrons. The van der Waals surface area contributed by atoms with Crippen LogP contribution >= 0.6 is 0 Å². The van der Waals surface area contributed by atoms with E-state index >= 15 is 0 Å². The molecule has 35 atom stereocenters. The number of nitrogens with one attached hydrogen (secondary N) is 2. The molecule has 7 aliphatic rings. The van der Waals surface area contributed by atoms with Gasteiger partial charge in [-0.25, -0.2) is 0 Å². The van der Waals surface area contributed by atoms with E-state index in [0.717, 1.165) is 13.8 Å². The van der Waals surface area contributed by atoms with Gasteiger partial charge in [-0.05, 0) is 0 Å². The predicted octanol–water partition coefficient (Wildman–Crippen LogP) is -16.0. The summed E-state index contributed by atoms with van der Waals surface area (Å²) in [5.41, 5.74) is 0. The van der Waals surface area contributed by atoms with Gasteiger partial charge >= 0.3 is 0 Å². The normalized spacial score (nSPS) is 50.3. The Labute approximate surface area is 475 Å². The smallest absolute Gasteiger partial charge is 0.217 e. The second-order valence-corrected chi connectivity index (χ2v) is 21.1. The summed E-state index contributed by atoms with van der Waals surface area (Å²) in [6.07, 6.45) is -65.3. The summed E-state index contributed by atoms with van der Waals surface area (Å²) >= 11 is 0. The minimum atomic E-state index is -2.32. The number of aliphatic hydroxyl groups is 21. The molecular formula is C46H78N2O36. The van der Waals surface area contributed by atoms with E-state index in [1.165, 1.54) is 0 Å². The van der Waals surface area contributed by atoms with Crippen molar-refractivity contribution in [2.45, 2.75) is 229 Å². The number of hydrogen-bond donors (Lipinski definition) is 23. The minimum absolute atomic E-state index is 0.885. The van der Waals surface area contributed by atoms with Crippen LogP contribution in [-0.2, 0) is 71.2 Å². The number of carbonyl (C=O) groups excluding carboxylic acids is 2. The molecule has 7 fully saturated rings. The molecule has 0 saturated carbocycles. The highest BCUT2D eigenvalue weighted by atomic mass is 16.8. The Morgan fingerprint density at radius 1 is 0.310 bits per heavy atom. The predicted molar refractivity (Wildman–Crippen MR) is 255 cm³/mol. The van der Waals surface area contributed by atoms with Crippen molar-refractivity contribution in [2.24, 2.45) is 0 Å². The summed E-state index contributed by atoms with van der Waals surface area (Å²) in [6, 6.07) is -3.80. The Morgan fingerprint density at radius 3 is 1.07 bits per heavy atom. The lowest BCUT2D eigenvalue weighted by Crippen LogP contribution is -2.71. The van der Waals surface area contributed by atoms with Crippen LogP contribution in [-0.4, -0.2) is 380 Å². The van der Waals surface area contributed by atoms with Gasteiger partial charge in [0.2, 0.25) is 11.8 Å². The largest absolute Gasteiger partial charge is 0.394 e. The van der Waals surface area contributed by atoms with Gasteiger partial charge in [-0.1, -0.05) is 0 Å². The molecule has 0 aromatic heterocycles. The van der Waals surface area contributed by atoms with Gasteiger partial charge in [0, 0.05) is 13.8 Å². The fourth-order valence-corrected chi connectivity index (χ4v) is 10.6. The van der Waals surface area contributed by atoms with Crippen molar-refractivity contribution in [2.75, 3.05) is 46.2 Å². The first-order valence-electron chi connectivity index (χ1n) is 26.6. The highest BCUT2D eigenvalue weighted by molar-refractivity contribution is 5.73. The van der Waals surface area contributed by atoms with Crippen LogP contribution < -0.4 is 10.6 Å². The topological polar surface area (TPSA) is 603 Å². The fourth-order valence-electron chi connectivity index (χ4n) is 10.6. The molecule has 7 saturated heterocycles. The van der Waals surface area contributed by atoms with Crippen molar-refractivity contribution in [1.82, 2.24) is 10.6 Å². The van der Waals surface area contributed by atoms with Crippen LogP contribution in [0.3, 0.4) is 0 Å². The summed E-state index contributed by atoms with van der Waals surface area (Å²) in [6.45, 7) is -4.87. The lowest BCUT2D eigenvalue weighted by atomic mass is 9.93. The van der Waals surface area contributed by atoms with Crippen LogP contribution in [0, 0.1) is 0 Å². The molecule has 7 aliphatic heterocycles. The van der Waals surface area contributed by atoms with E-state index in [1.54, 1.807) is 0 Å². The van der Waals surface area contributed by atoms with E-state index in [1.807, 2.05) is 0 Å². The number of hydrogen-bond acceptors (Lipinski definition) is 36. The van der Waals surface area contributed by atoms with Gasteiger partial charge in [-0.15, -0.1) is 0 Å². The Hall–Kier alpha value is -2.42. The summed E-state index contributed by atoms with van der Waals surface area (Å²) in [4.78, 5) is 25.8. The van der Waals surface area contributed by atoms with Crippen LogP contribution in [0.4, 0.5) is 0 Å². The van der Waals surface area contributed by atoms with E-state index < -0.39 is 273 Å². The molecule has 7 heterocycles. The third-order valence-electron chi connectivity index (χ3n) is 15.3. The SMILES string of the molecule is CC(=O)N[C@@H]1[C@@H](O[C@@H]2[C@@H](O[C@@H]3O[C@@H](CO)[C@@H](O)[C@H](O)[C@H]3O)[C@@H](NC(C)=O)[C@H](O)O[C@@H]2CO[C@@H]2O[C@@H](CO)[C@H](O)[C@@H](O)[C@@H]2O)O[C@@H](CO)[C@H](O[C@H]2O[C@H](CO[C@@H]3O[C@@H](CO)[C@H](O)[C@@H](O)[C@@H]3O)[C@H](O)[C@@H](O[C@@H]3O[C@H](CO)[C@@H](O)[C@H](O)[C@H]3O)[C@H]2O)[C@H]1O. The molecule has 488 valence electrons. The number of carbonyl (C=O) groups is 2. The van der Waals surface area contributed by atoms with E-state index in [9.17, 15) is 117 Å². The molecule has 38 heteroatoms. The zero-order valence-electron chi connectivity index (χ0n) is 44.7. The van der Waals surface area contributed by atoms with Crippen molar-refractivity contribution in [3.05, 3.63) is 0 Å². The first-order chi connectivity index (χ1) is 39.7. The van der Waals surface area contributed by atoms with Crippen molar-refractivity contribution in [3.63, 3.8) is 0 Å². The molecule has 23 N–H and O–H groups in total. The van der Waals surface area contributed by atoms with Crippen molar-refractivity contribution in [1.29, 1.82) is 0 Å². The first kappa shape index (κ1) is 69.1. The zero-order valence-corrected chi connectivity index (χ0v) is 44.7. The van der Waals surface area contributed by atoms with Gasteiger partial charge < -0.3 is 179 Å². The van der Waals surface area contributed by atoms with Crippen LogP contribution in [0.25, 0.3) is 0 Å². The number of rotatable bonds is 21. The summed E-state index contributed by atoms with van der Waals surface area (Å²) in [7, 11) is 0. The van der Waals surface area contributed by atoms with Gasteiger partial charge in [0.05, 0.1) is 46.2 Å². The van der Waals surface area contributed by atoms with Crippen LogP contribution in [0.15, 0.2) is 0 Å². The second kappa shape index (κ2) is 29.9. The minimum Gasteiger partial charge on any atom is -0.394 e. The Kier molecular flexibility index (Phi) is 24.6. The van der Waals surface area contributed by atoms with Crippen molar-refractivity contribution < 1.29 is 178 Å². The summed E-state index contributed by atoms with van der Waals surface area (Å²) in [5, 5.41) is 230. The van der Waals surface area contributed by atoms with Gasteiger partial charge in [0.25, 0.3) is 0 Å². The first-order valence-corrected chi connectivity index (χ1v) is 26.6. The lowest BCUT2D eigenvalue weighted by molar-refractivity contribution is -0.388. The van der Waals surface area contributed by atoms with Crippen LogP contribution in [0.5, 0.6) is 0 Å². The van der Waals surface area contributed by atoms with Crippen LogP contribution in [0.1, 0.15) is 13.8 Å². The maximum Gasteiger partial charge on any atom is 0.217 e. The summed E-state index contributed by atoms with van der Waals surface area (Å²) < 4.78 is 75.4. The monoisotopic (exact) mass is 1230 g/mol. The number of aliphatic hydroxyl groups excluding tert-OH is 21. The van der Waals surface area contributed by atoms with Crippen LogP contribution in [0.2, 0.25) is 0 Å². The highest BCUT2D eigenvalue weighted by Crippen LogP contribution is 2.38. The third kappa shape index (κ3) is 14.9. The highest BCUT2D eigenvalue weighted by Gasteiger charge is 2.59. The standard InChI is InChI=1S/C46H78N2O36/c1-10(54)47-19-26(61)36(81-46-35(70)39(84-45-34(69)30(65)24(59)15(6-52)78-45)25(60)17(80-46)8-72-42-31(66)27(62)21(56)12(3-49)75-42)16(7-53)79-41(19)82-37-18(9-73-43-32(67)28(63)22(57)13(4-50)76-43)74-40(71)20(48-11(2)55)38(37)83-44-33(68)29(64)23(58)14(5-51)77-44/h12-46,49-53,56-71H,3-9H2,1-2H3,(H,47,54)(H,48,55)/t12-,13-,14-,15+,16-,17+,18+,19-,20+,21-,22-,23+,24+,25-,26-,27+,28+,29-,30-,31-,32-,33+,34+,35+,36-,37-,38-,39+,40+,41+,42+,43+,44-,45-,46+/m0/s1. The summed E-state index contributed by atoms with van der Waals surface area (Å²) in [5.74, 6) is -1.83. The number of ether oxygens (including phenoxy) is 13. The van der Waals surface area contributed by atoms with E-state index in [4.69, 9.17) is 61.6 Å². The Morgan fingerprint density at radius 2 is 0.643 bits per heavy atom. The maximum atomic E-state index is 13.0. The molecule has 84 heavy (non-hydrogen) atoms. The Bertz CT molecular complexity index is 2060. The molecular weight excluding hydrogens is 1160 g/mol. The average Bonchev–Trinajstić information content (AvgIpc) is 2.57. The van der Waals surface area contributed by atoms with Gasteiger partial charge in [0.15, 0.2) is 44.0 Å². The molecule has 0 aliphatic carbocycles. The fraction of sp³-hybridized carbons (Fsp3) is 0.957. The van der Waals surface area contributed by atoms with Gasteiger partial charge in [0.1, 0.15) is 171 Å². The molecule has 7 rings (SSSR count). The zero-order chi connectivity index (χ0) is 61.9.